The van der Waals surface area contributed by atoms with E-state index in [0.29, 0.717) is 5.65 Å². The van der Waals surface area contributed by atoms with Crippen molar-refractivity contribution in [1.82, 2.24) is 9.38 Å². The SMILES string of the molecule is CC.Cc1cc(F)c2nccn2c1. The van der Waals surface area contributed by atoms with Gasteiger partial charge in [-0.2, -0.15) is 0 Å². The Morgan fingerprint density at radius 2 is 2.08 bits per heavy atom. The monoisotopic (exact) mass is 180 g/mol. The minimum atomic E-state index is -0.269. The summed E-state index contributed by atoms with van der Waals surface area (Å²) in [5, 5.41) is 0. The van der Waals surface area contributed by atoms with Gasteiger partial charge in [0.15, 0.2) is 11.5 Å². The van der Waals surface area contributed by atoms with Crippen molar-refractivity contribution in [2.75, 3.05) is 0 Å². The van der Waals surface area contributed by atoms with Gasteiger partial charge < -0.3 is 4.40 Å². The molecule has 0 N–H and O–H groups in total. The fourth-order valence-electron chi connectivity index (χ4n) is 1.12. The van der Waals surface area contributed by atoms with Crippen LogP contribution in [0.5, 0.6) is 0 Å². The summed E-state index contributed by atoms with van der Waals surface area (Å²) in [4.78, 5) is 3.85. The van der Waals surface area contributed by atoms with E-state index in [1.54, 1.807) is 16.8 Å². The Balaban J connectivity index is 0.000000396. The summed E-state index contributed by atoms with van der Waals surface area (Å²) in [7, 11) is 0. The van der Waals surface area contributed by atoms with Gasteiger partial charge in [-0.05, 0) is 18.6 Å². The van der Waals surface area contributed by atoms with Crippen molar-refractivity contribution < 1.29 is 4.39 Å². The highest BCUT2D eigenvalue weighted by atomic mass is 19.1. The summed E-state index contributed by atoms with van der Waals surface area (Å²) in [6.45, 7) is 5.85. The van der Waals surface area contributed by atoms with Crippen LogP contribution in [0.4, 0.5) is 4.39 Å². The van der Waals surface area contributed by atoms with Gasteiger partial charge in [0.2, 0.25) is 0 Å². The average molecular weight is 180 g/mol. The van der Waals surface area contributed by atoms with Gasteiger partial charge >= 0.3 is 0 Å². The second-order valence-corrected chi connectivity index (χ2v) is 2.52. The second-order valence-electron chi connectivity index (χ2n) is 2.52. The number of halogens is 1. The van der Waals surface area contributed by atoms with E-state index >= 15 is 0 Å². The summed E-state index contributed by atoms with van der Waals surface area (Å²) >= 11 is 0. The molecule has 0 aliphatic carbocycles. The van der Waals surface area contributed by atoms with Crippen molar-refractivity contribution in [2.24, 2.45) is 0 Å². The number of aromatic nitrogens is 2. The number of hydrogen-bond acceptors (Lipinski definition) is 1. The molecule has 2 rings (SSSR count). The lowest BCUT2D eigenvalue weighted by Crippen LogP contribution is -1.88. The largest absolute Gasteiger partial charge is 0.304 e. The topological polar surface area (TPSA) is 17.3 Å². The summed E-state index contributed by atoms with van der Waals surface area (Å²) in [6, 6.07) is 1.47. The van der Waals surface area contributed by atoms with Crippen LogP contribution >= 0.6 is 0 Å². The lowest BCUT2D eigenvalue weighted by molar-refractivity contribution is 0.628. The Morgan fingerprint density at radius 1 is 1.38 bits per heavy atom. The number of imidazole rings is 1. The summed E-state index contributed by atoms with van der Waals surface area (Å²) in [6.07, 6.45) is 5.15. The number of rotatable bonds is 0. The Hall–Kier alpha value is -1.38. The molecular formula is C10H13FN2. The van der Waals surface area contributed by atoms with E-state index in [9.17, 15) is 4.39 Å². The van der Waals surface area contributed by atoms with Gasteiger partial charge in [-0.25, -0.2) is 9.37 Å². The van der Waals surface area contributed by atoms with Gasteiger partial charge in [0, 0.05) is 18.6 Å². The number of hydrogen-bond donors (Lipinski definition) is 0. The molecule has 0 saturated carbocycles. The zero-order valence-corrected chi connectivity index (χ0v) is 8.08. The quantitative estimate of drug-likeness (QED) is 0.609. The van der Waals surface area contributed by atoms with Crippen LogP contribution in [-0.2, 0) is 0 Å². The fourth-order valence-corrected chi connectivity index (χ4v) is 1.12. The highest BCUT2D eigenvalue weighted by Crippen LogP contribution is 2.08. The molecule has 0 amide bonds. The summed E-state index contributed by atoms with van der Waals surface area (Å²) in [5.41, 5.74) is 1.28. The first kappa shape index (κ1) is 9.71. The maximum atomic E-state index is 13.0. The highest BCUT2D eigenvalue weighted by Gasteiger charge is 2.00. The van der Waals surface area contributed by atoms with E-state index in [1.165, 1.54) is 6.07 Å². The molecular weight excluding hydrogens is 167 g/mol. The molecule has 0 radical (unpaired) electrons. The molecule has 0 spiro atoms. The summed E-state index contributed by atoms with van der Waals surface area (Å²) < 4.78 is 14.7. The van der Waals surface area contributed by atoms with E-state index in [2.05, 4.69) is 4.98 Å². The third-order valence-electron chi connectivity index (χ3n) is 1.58. The molecule has 13 heavy (non-hydrogen) atoms. The minimum Gasteiger partial charge on any atom is -0.304 e. The van der Waals surface area contributed by atoms with Crippen molar-refractivity contribution in [2.45, 2.75) is 20.8 Å². The first-order chi connectivity index (χ1) is 6.27. The Morgan fingerprint density at radius 3 is 2.77 bits per heavy atom. The van der Waals surface area contributed by atoms with E-state index in [0.717, 1.165) is 5.56 Å². The molecule has 2 aromatic heterocycles. The van der Waals surface area contributed by atoms with Crippen LogP contribution in [0.1, 0.15) is 19.4 Å². The third-order valence-corrected chi connectivity index (χ3v) is 1.58. The minimum absolute atomic E-state index is 0.269. The molecule has 3 heteroatoms. The number of aryl methyl sites for hydroxylation is 1. The molecule has 70 valence electrons. The zero-order chi connectivity index (χ0) is 9.84. The van der Waals surface area contributed by atoms with Crippen molar-refractivity contribution in [3.63, 3.8) is 0 Å². The average Bonchev–Trinajstić information content (AvgIpc) is 2.55. The number of pyridine rings is 1. The maximum Gasteiger partial charge on any atom is 0.173 e. The lowest BCUT2D eigenvalue weighted by atomic mass is 10.3. The van der Waals surface area contributed by atoms with Crippen LogP contribution in [-0.4, -0.2) is 9.38 Å². The first-order valence-electron chi connectivity index (χ1n) is 4.36. The van der Waals surface area contributed by atoms with Gasteiger partial charge in [0.1, 0.15) is 0 Å². The van der Waals surface area contributed by atoms with Gasteiger partial charge in [-0.15, -0.1) is 0 Å². The van der Waals surface area contributed by atoms with Crippen LogP contribution in [0.15, 0.2) is 24.7 Å². The smallest absolute Gasteiger partial charge is 0.173 e. The second kappa shape index (κ2) is 4.03. The maximum absolute atomic E-state index is 13.0. The molecule has 0 fully saturated rings. The summed E-state index contributed by atoms with van der Waals surface area (Å²) in [5.74, 6) is -0.269. The van der Waals surface area contributed by atoms with E-state index in [4.69, 9.17) is 0 Å². The van der Waals surface area contributed by atoms with Crippen LogP contribution in [0.25, 0.3) is 5.65 Å². The van der Waals surface area contributed by atoms with E-state index in [1.807, 2.05) is 27.0 Å². The van der Waals surface area contributed by atoms with Gasteiger partial charge in [-0.3, -0.25) is 0 Å². The fraction of sp³-hybridized carbons (Fsp3) is 0.300. The molecule has 0 saturated heterocycles. The van der Waals surface area contributed by atoms with E-state index < -0.39 is 0 Å². The molecule has 0 bridgehead atoms. The first-order valence-corrected chi connectivity index (χ1v) is 4.36. The Bertz CT molecular complexity index is 393. The Labute approximate surface area is 77.0 Å². The number of fused-ring (bicyclic) bond motifs is 1. The standard InChI is InChI=1S/C8H7FN2.C2H6/c1-6-4-7(9)8-10-2-3-11(8)5-6;1-2/h2-5H,1H3;1-2H3. The molecule has 0 unspecified atom stereocenters. The molecule has 0 atom stereocenters. The molecule has 0 aliphatic rings. The third kappa shape index (κ3) is 1.86. The van der Waals surface area contributed by atoms with E-state index in [-0.39, 0.29) is 5.82 Å². The molecule has 0 aliphatic heterocycles. The zero-order valence-electron chi connectivity index (χ0n) is 8.08. The van der Waals surface area contributed by atoms with Crippen LogP contribution < -0.4 is 0 Å². The van der Waals surface area contributed by atoms with Crippen LogP contribution in [0.2, 0.25) is 0 Å². The van der Waals surface area contributed by atoms with Crippen LogP contribution in [0.3, 0.4) is 0 Å². The predicted octanol–water partition coefficient (Wildman–Crippen LogP) is 2.81. The van der Waals surface area contributed by atoms with Gasteiger partial charge in [0.25, 0.3) is 0 Å². The normalized spacial score (nSPS) is 9.54. The molecule has 0 aromatic carbocycles. The van der Waals surface area contributed by atoms with Gasteiger partial charge in [0.05, 0.1) is 0 Å². The van der Waals surface area contributed by atoms with Crippen molar-refractivity contribution in [1.29, 1.82) is 0 Å². The van der Waals surface area contributed by atoms with Crippen molar-refractivity contribution in [3.05, 3.63) is 36.0 Å². The van der Waals surface area contributed by atoms with Crippen molar-refractivity contribution in [3.8, 4) is 0 Å². The highest BCUT2D eigenvalue weighted by molar-refractivity contribution is 5.41. The molecule has 2 aromatic rings. The molecule has 2 heterocycles. The Kier molecular flexibility index (Phi) is 3.01. The lowest BCUT2D eigenvalue weighted by Gasteiger charge is -1.96. The number of nitrogens with zero attached hydrogens (tertiary/aromatic N) is 2. The molecule has 2 nitrogen and oxygen atoms in total. The van der Waals surface area contributed by atoms with Crippen LogP contribution in [0, 0.1) is 12.7 Å². The van der Waals surface area contributed by atoms with Gasteiger partial charge in [-0.1, -0.05) is 13.8 Å². The van der Waals surface area contributed by atoms with Crippen molar-refractivity contribution >= 4 is 5.65 Å². The predicted molar refractivity (Wildman–Crippen MR) is 51.2 cm³/mol.